The predicted molar refractivity (Wildman–Crippen MR) is 133 cm³/mol. The van der Waals surface area contributed by atoms with E-state index in [4.69, 9.17) is 14.2 Å². The van der Waals surface area contributed by atoms with E-state index in [2.05, 4.69) is 25.1 Å². The second-order valence-corrected chi connectivity index (χ2v) is 8.23. The van der Waals surface area contributed by atoms with Gasteiger partial charge in [0.2, 0.25) is 0 Å². The lowest BCUT2D eigenvalue weighted by Gasteiger charge is -2.24. The highest BCUT2D eigenvalue weighted by atomic mass is 16.5. The van der Waals surface area contributed by atoms with Gasteiger partial charge in [0.15, 0.2) is 0 Å². The van der Waals surface area contributed by atoms with Gasteiger partial charge in [-0.15, -0.1) is 0 Å². The first kappa shape index (κ1) is 27.1. The average molecular weight is 469 g/mol. The molecule has 0 aliphatic rings. The van der Waals surface area contributed by atoms with Crippen molar-refractivity contribution in [1.29, 1.82) is 0 Å². The number of hydrogen-bond donors (Lipinski definition) is 1. The van der Waals surface area contributed by atoms with Crippen LogP contribution in [-0.2, 0) is 16.1 Å². The second-order valence-electron chi connectivity index (χ2n) is 8.23. The number of allylic oxidation sites excluding steroid dienone is 2. The first-order chi connectivity index (χ1) is 16.3. The maximum atomic E-state index is 12.1. The largest absolute Gasteiger partial charge is 0.489 e. The molecule has 2 aromatic carbocycles. The standard InChI is InChI=1S/C28H36O6/c1-6-21(13-10-16-28(31,7-2)8-3)22-12-9-11-20(17-22)19-34-23-14-15-24(26(29)32-4)25(18-23)27(30)33-5/h9,11-15,17-18,31H,6-8,10,16,19H2,1-5H3/b21-13+. The maximum Gasteiger partial charge on any atom is 0.338 e. The molecule has 0 amide bonds. The summed E-state index contributed by atoms with van der Waals surface area (Å²) in [6.07, 6.45) is 6.18. The van der Waals surface area contributed by atoms with Crippen molar-refractivity contribution in [2.24, 2.45) is 0 Å². The summed E-state index contributed by atoms with van der Waals surface area (Å²) in [5.74, 6) is -0.804. The third-order valence-corrected chi connectivity index (χ3v) is 6.20. The summed E-state index contributed by atoms with van der Waals surface area (Å²) < 4.78 is 15.4. The number of carbonyl (C=O) groups excluding carboxylic acids is 2. The fourth-order valence-corrected chi connectivity index (χ4v) is 3.79. The molecule has 2 rings (SSSR count). The summed E-state index contributed by atoms with van der Waals surface area (Å²) >= 11 is 0. The van der Waals surface area contributed by atoms with Crippen molar-refractivity contribution < 1.29 is 28.9 Å². The van der Waals surface area contributed by atoms with Gasteiger partial charge in [0.25, 0.3) is 0 Å². The molecule has 2 aromatic rings. The van der Waals surface area contributed by atoms with Crippen molar-refractivity contribution in [3.63, 3.8) is 0 Å². The van der Waals surface area contributed by atoms with E-state index in [1.807, 2.05) is 26.0 Å². The van der Waals surface area contributed by atoms with Crippen molar-refractivity contribution >= 4 is 17.5 Å². The Hall–Kier alpha value is -3.12. The molecule has 34 heavy (non-hydrogen) atoms. The Labute approximate surface area is 202 Å². The van der Waals surface area contributed by atoms with Crippen LogP contribution in [0.2, 0.25) is 0 Å². The van der Waals surface area contributed by atoms with Crippen LogP contribution in [0.1, 0.15) is 84.7 Å². The second kappa shape index (κ2) is 12.9. The smallest absolute Gasteiger partial charge is 0.338 e. The normalized spacial score (nSPS) is 11.8. The molecule has 0 aliphatic heterocycles. The van der Waals surface area contributed by atoms with Crippen LogP contribution in [0, 0.1) is 0 Å². The van der Waals surface area contributed by atoms with E-state index >= 15 is 0 Å². The number of rotatable bonds is 12. The van der Waals surface area contributed by atoms with Crippen molar-refractivity contribution in [3.05, 3.63) is 70.8 Å². The van der Waals surface area contributed by atoms with E-state index < -0.39 is 17.5 Å². The highest BCUT2D eigenvalue weighted by Crippen LogP contribution is 2.26. The minimum absolute atomic E-state index is 0.0934. The fraction of sp³-hybridized carbons (Fsp3) is 0.429. The van der Waals surface area contributed by atoms with Gasteiger partial charge in [-0.05, 0) is 73.1 Å². The summed E-state index contributed by atoms with van der Waals surface area (Å²) in [4.78, 5) is 24.1. The maximum absolute atomic E-state index is 12.1. The number of carbonyl (C=O) groups is 2. The quantitative estimate of drug-likeness (QED) is 0.387. The molecule has 6 heteroatoms. The molecule has 1 N–H and O–H groups in total. The first-order valence-electron chi connectivity index (χ1n) is 11.7. The van der Waals surface area contributed by atoms with Crippen LogP contribution >= 0.6 is 0 Å². The molecular weight excluding hydrogens is 432 g/mol. The number of esters is 2. The van der Waals surface area contributed by atoms with Gasteiger partial charge in [-0.25, -0.2) is 9.59 Å². The van der Waals surface area contributed by atoms with Crippen molar-refractivity contribution in [1.82, 2.24) is 0 Å². The van der Waals surface area contributed by atoms with Crippen LogP contribution in [0.5, 0.6) is 5.75 Å². The Bertz CT molecular complexity index is 1000. The van der Waals surface area contributed by atoms with Gasteiger partial charge in [-0.2, -0.15) is 0 Å². The van der Waals surface area contributed by atoms with Crippen LogP contribution in [0.4, 0.5) is 0 Å². The van der Waals surface area contributed by atoms with Gasteiger partial charge in [0.05, 0.1) is 30.9 Å². The van der Waals surface area contributed by atoms with Crippen LogP contribution in [-0.4, -0.2) is 36.9 Å². The van der Waals surface area contributed by atoms with E-state index in [0.717, 1.165) is 43.2 Å². The fourth-order valence-electron chi connectivity index (χ4n) is 3.79. The Morgan fingerprint density at radius 2 is 1.62 bits per heavy atom. The van der Waals surface area contributed by atoms with Crippen LogP contribution in [0.25, 0.3) is 5.57 Å². The molecule has 0 heterocycles. The Kier molecular flexibility index (Phi) is 10.3. The minimum Gasteiger partial charge on any atom is -0.489 e. The summed E-state index contributed by atoms with van der Waals surface area (Å²) in [5.41, 5.74) is 2.95. The van der Waals surface area contributed by atoms with E-state index in [0.29, 0.717) is 12.4 Å². The number of benzene rings is 2. The van der Waals surface area contributed by atoms with Gasteiger partial charge < -0.3 is 19.3 Å². The zero-order valence-electron chi connectivity index (χ0n) is 20.8. The predicted octanol–water partition coefficient (Wildman–Crippen LogP) is 5.96. The lowest BCUT2D eigenvalue weighted by atomic mass is 9.90. The van der Waals surface area contributed by atoms with E-state index in [1.54, 1.807) is 6.07 Å². The topological polar surface area (TPSA) is 82.1 Å². The number of hydrogen-bond acceptors (Lipinski definition) is 6. The third kappa shape index (κ3) is 7.19. The molecule has 0 aromatic heterocycles. The molecule has 0 radical (unpaired) electrons. The van der Waals surface area contributed by atoms with Crippen LogP contribution in [0.15, 0.2) is 48.5 Å². The minimum atomic E-state index is -0.636. The SMILES string of the molecule is CC/C(=C\CCC(O)(CC)CC)c1cccc(COc2ccc(C(=O)OC)c(C(=O)OC)c2)c1. The van der Waals surface area contributed by atoms with Crippen LogP contribution < -0.4 is 4.74 Å². The van der Waals surface area contributed by atoms with Crippen molar-refractivity contribution in [2.45, 2.75) is 65.1 Å². The Morgan fingerprint density at radius 3 is 2.24 bits per heavy atom. The molecular formula is C28H36O6. The lowest BCUT2D eigenvalue weighted by molar-refractivity contribution is 0.0246. The highest BCUT2D eigenvalue weighted by Gasteiger charge is 2.21. The molecule has 0 unspecified atom stereocenters. The van der Waals surface area contributed by atoms with Crippen molar-refractivity contribution in [3.8, 4) is 5.75 Å². The number of aliphatic hydroxyl groups is 1. The van der Waals surface area contributed by atoms with Gasteiger partial charge in [-0.3, -0.25) is 0 Å². The van der Waals surface area contributed by atoms with E-state index in [9.17, 15) is 14.7 Å². The summed E-state index contributed by atoms with van der Waals surface area (Å²) in [6, 6.07) is 12.7. The molecule has 6 nitrogen and oxygen atoms in total. The molecule has 0 atom stereocenters. The molecule has 0 saturated heterocycles. The molecule has 0 fully saturated rings. The number of ether oxygens (including phenoxy) is 3. The highest BCUT2D eigenvalue weighted by molar-refractivity contribution is 6.03. The molecule has 0 aliphatic carbocycles. The summed E-state index contributed by atoms with van der Waals surface area (Å²) in [6.45, 7) is 6.47. The first-order valence-corrected chi connectivity index (χ1v) is 11.7. The van der Waals surface area contributed by atoms with E-state index in [-0.39, 0.29) is 11.1 Å². The monoisotopic (exact) mass is 468 g/mol. The van der Waals surface area contributed by atoms with Crippen molar-refractivity contribution in [2.75, 3.05) is 14.2 Å². The third-order valence-electron chi connectivity index (χ3n) is 6.20. The summed E-state index contributed by atoms with van der Waals surface area (Å²) in [5, 5.41) is 10.5. The molecule has 0 bridgehead atoms. The molecule has 0 spiro atoms. The van der Waals surface area contributed by atoms with Gasteiger partial charge in [0.1, 0.15) is 12.4 Å². The summed E-state index contributed by atoms with van der Waals surface area (Å²) in [7, 11) is 2.51. The van der Waals surface area contributed by atoms with Gasteiger partial charge >= 0.3 is 11.9 Å². The molecule has 0 saturated carbocycles. The van der Waals surface area contributed by atoms with E-state index in [1.165, 1.54) is 31.9 Å². The number of methoxy groups -OCH3 is 2. The Balaban J connectivity index is 2.15. The molecule has 184 valence electrons. The Morgan fingerprint density at radius 1 is 0.941 bits per heavy atom. The zero-order valence-corrected chi connectivity index (χ0v) is 20.8. The van der Waals surface area contributed by atoms with Gasteiger partial charge in [0, 0.05) is 0 Å². The lowest BCUT2D eigenvalue weighted by Crippen LogP contribution is -2.25. The van der Waals surface area contributed by atoms with Crippen LogP contribution in [0.3, 0.4) is 0 Å². The average Bonchev–Trinajstić information content (AvgIpc) is 2.88. The van der Waals surface area contributed by atoms with Gasteiger partial charge in [-0.1, -0.05) is 45.0 Å². The zero-order chi connectivity index (χ0) is 25.1.